The molecule has 2 heterocycles. The second-order valence-corrected chi connectivity index (χ2v) is 10.2. The Kier molecular flexibility index (Phi) is 7.18. The molecule has 3 N–H and O–H groups in total. The number of aryl methyl sites for hydroxylation is 1. The summed E-state index contributed by atoms with van der Waals surface area (Å²) >= 11 is 7.81. The van der Waals surface area contributed by atoms with Crippen molar-refractivity contribution in [2.24, 2.45) is 5.16 Å². The fourth-order valence-electron chi connectivity index (χ4n) is 4.33. The molecule has 0 aliphatic carbocycles. The predicted molar refractivity (Wildman–Crippen MR) is 150 cm³/mol. The van der Waals surface area contributed by atoms with Crippen molar-refractivity contribution in [1.82, 2.24) is 14.9 Å². The molecular formula is C27H27ClN6OS. The van der Waals surface area contributed by atoms with Crippen molar-refractivity contribution in [2.45, 2.75) is 6.92 Å². The third-order valence-electron chi connectivity index (χ3n) is 6.24. The van der Waals surface area contributed by atoms with E-state index in [2.05, 4.69) is 62.8 Å². The lowest BCUT2D eigenvalue weighted by Crippen LogP contribution is -2.30. The molecule has 0 aliphatic rings. The summed E-state index contributed by atoms with van der Waals surface area (Å²) < 4.78 is 2.23. The molecule has 0 unspecified atom stereocenters. The van der Waals surface area contributed by atoms with Crippen LogP contribution in [0.15, 0.2) is 66.1 Å². The predicted octanol–water partition coefficient (Wildman–Crippen LogP) is 5.71. The van der Waals surface area contributed by atoms with Crippen LogP contribution in [0.1, 0.15) is 5.56 Å². The summed E-state index contributed by atoms with van der Waals surface area (Å²) in [4.78, 5) is 10.9. The molecule has 7 nitrogen and oxygen atoms in total. The topological polar surface area (TPSA) is 85.7 Å². The van der Waals surface area contributed by atoms with Crippen LogP contribution in [0.2, 0.25) is 5.02 Å². The Morgan fingerprint density at radius 3 is 2.64 bits per heavy atom. The van der Waals surface area contributed by atoms with E-state index in [9.17, 15) is 5.21 Å². The zero-order chi connectivity index (χ0) is 25.1. The van der Waals surface area contributed by atoms with Crippen LogP contribution in [-0.2, 0) is 0 Å². The number of fused-ring (bicyclic) bond motifs is 3. The lowest BCUT2D eigenvalue weighted by atomic mass is 10.1. The highest BCUT2D eigenvalue weighted by Crippen LogP contribution is 2.31. The summed E-state index contributed by atoms with van der Waals surface area (Å²) in [7, 11) is 2.10. The Balaban J connectivity index is 1.24. The van der Waals surface area contributed by atoms with E-state index in [0.717, 1.165) is 68.8 Å². The Labute approximate surface area is 218 Å². The Bertz CT molecular complexity index is 1620. The molecule has 5 rings (SSSR count). The van der Waals surface area contributed by atoms with Crippen molar-refractivity contribution in [3.8, 4) is 0 Å². The van der Waals surface area contributed by atoms with E-state index in [-0.39, 0.29) is 0 Å². The van der Waals surface area contributed by atoms with Crippen molar-refractivity contribution in [2.75, 3.05) is 43.9 Å². The molecule has 0 atom stereocenters. The minimum atomic E-state index is 0.612. The lowest BCUT2D eigenvalue weighted by molar-refractivity contribution is 0.304. The van der Waals surface area contributed by atoms with E-state index in [1.54, 1.807) is 17.7 Å². The van der Waals surface area contributed by atoms with Crippen LogP contribution in [0.4, 0.5) is 11.5 Å². The number of halogens is 1. The number of likely N-dealkylation sites (N-methyl/N-ethyl adjacent to an activating group) is 1. The third-order valence-corrected chi connectivity index (χ3v) is 7.78. The zero-order valence-corrected chi connectivity index (χ0v) is 21.7. The van der Waals surface area contributed by atoms with Gasteiger partial charge in [0.05, 0.1) is 5.52 Å². The molecule has 3 aromatic carbocycles. The number of hydrogen-bond donors (Lipinski definition) is 3. The summed E-state index contributed by atoms with van der Waals surface area (Å²) in [5.74, 6) is 0.808. The molecule has 0 saturated carbocycles. The minimum Gasteiger partial charge on any atom is -0.410 e. The highest BCUT2D eigenvalue weighted by Gasteiger charge is 2.12. The molecule has 0 saturated heterocycles. The average molecular weight is 519 g/mol. The quantitative estimate of drug-likeness (QED) is 0.139. The van der Waals surface area contributed by atoms with Gasteiger partial charge in [0.1, 0.15) is 17.5 Å². The summed E-state index contributed by atoms with van der Waals surface area (Å²) in [5, 5.41) is 24.7. The Hall–Kier alpha value is -3.46. The number of benzene rings is 3. The van der Waals surface area contributed by atoms with Gasteiger partial charge in [0.15, 0.2) is 0 Å². The smallest absolute Gasteiger partial charge is 0.137 e. The summed E-state index contributed by atoms with van der Waals surface area (Å²) in [6.07, 6.45) is 1.55. The van der Waals surface area contributed by atoms with E-state index in [0.29, 0.717) is 10.4 Å². The van der Waals surface area contributed by atoms with E-state index in [1.807, 2.05) is 36.4 Å². The van der Waals surface area contributed by atoms with Crippen LogP contribution in [0, 0.1) is 6.92 Å². The third kappa shape index (κ3) is 4.93. The number of aromatic nitrogens is 2. The first-order chi connectivity index (χ1) is 17.5. The average Bonchev–Trinajstić information content (AvgIpc) is 2.89. The molecule has 0 radical (unpaired) electrons. The molecular weight excluding hydrogens is 492 g/mol. The van der Waals surface area contributed by atoms with Gasteiger partial charge in [0.2, 0.25) is 0 Å². The van der Waals surface area contributed by atoms with Crippen molar-refractivity contribution in [3.05, 3.63) is 76.9 Å². The zero-order valence-electron chi connectivity index (χ0n) is 20.1. The van der Waals surface area contributed by atoms with Gasteiger partial charge in [-0.15, -0.1) is 11.3 Å². The maximum atomic E-state index is 9.90. The van der Waals surface area contributed by atoms with Gasteiger partial charge in [-0.1, -0.05) is 41.0 Å². The van der Waals surface area contributed by atoms with Gasteiger partial charge in [0.25, 0.3) is 0 Å². The largest absolute Gasteiger partial charge is 0.410 e. The standard InChI is InChI=1S/C27H27ClN6OS/c1-17-7-10-21(24-25(33-35)20-5-3-4-6-23(20)36-26(17)24)29-11-13-34(2)14-12-30-27-19-9-8-18(28)15-22(19)31-16-32-27/h3-10,15-16,29,35H,11-14H2,1-2H3,(H,30,31,32). The lowest BCUT2D eigenvalue weighted by Gasteiger charge is -2.19. The van der Waals surface area contributed by atoms with Gasteiger partial charge in [-0.2, -0.15) is 0 Å². The van der Waals surface area contributed by atoms with E-state index >= 15 is 0 Å². The minimum absolute atomic E-state index is 0.612. The normalized spacial score (nSPS) is 12.2. The molecule has 36 heavy (non-hydrogen) atoms. The molecule has 0 fully saturated rings. The van der Waals surface area contributed by atoms with Crippen LogP contribution in [0.3, 0.4) is 0 Å². The Morgan fingerprint density at radius 2 is 1.81 bits per heavy atom. The molecule has 0 spiro atoms. The maximum Gasteiger partial charge on any atom is 0.137 e. The monoisotopic (exact) mass is 518 g/mol. The Morgan fingerprint density at radius 1 is 1.00 bits per heavy atom. The van der Waals surface area contributed by atoms with Gasteiger partial charge in [-0.25, -0.2) is 9.97 Å². The molecule has 184 valence electrons. The maximum absolute atomic E-state index is 9.90. The van der Waals surface area contributed by atoms with Gasteiger partial charge in [-0.05, 0) is 49.9 Å². The molecule has 0 amide bonds. The first-order valence-electron chi connectivity index (χ1n) is 11.7. The van der Waals surface area contributed by atoms with Gasteiger partial charge >= 0.3 is 0 Å². The van der Waals surface area contributed by atoms with Gasteiger partial charge in [-0.3, -0.25) is 0 Å². The highest BCUT2D eigenvalue weighted by atomic mass is 35.5. The van der Waals surface area contributed by atoms with Crippen LogP contribution in [0.25, 0.3) is 31.1 Å². The molecule has 5 aromatic rings. The van der Waals surface area contributed by atoms with Crippen molar-refractivity contribution < 1.29 is 5.21 Å². The SMILES string of the molecule is Cc1ccc(NCCN(C)CCNc2ncnc3cc(Cl)ccc23)c2c(=NO)c3ccccc3sc12. The van der Waals surface area contributed by atoms with Crippen molar-refractivity contribution in [3.63, 3.8) is 0 Å². The molecule has 0 aliphatic heterocycles. The number of hydrogen-bond acceptors (Lipinski definition) is 8. The van der Waals surface area contributed by atoms with E-state index in [1.165, 1.54) is 5.56 Å². The van der Waals surface area contributed by atoms with E-state index < -0.39 is 0 Å². The van der Waals surface area contributed by atoms with Gasteiger partial charge in [0, 0.05) is 62.4 Å². The molecule has 9 heteroatoms. The van der Waals surface area contributed by atoms with Crippen LogP contribution in [-0.4, -0.2) is 53.3 Å². The molecule has 2 aromatic heterocycles. The first-order valence-corrected chi connectivity index (χ1v) is 12.9. The van der Waals surface area contributed by atoms with Crippen LogP contribution in [0.5, 0.6) is 0 Å². The fourth-order valence-corrected chi connectivity index (χ4v) is 5.68. The van der Waals surface area contributed by atoms with Gasteiger partial charge < -0.3 is 20.7 Å². The van der Waals surface area contributed by atoms with E-state index in [4.69, 9.17) is 11.6 Å². The van der Waals surface area contributed by atoms with Crippen molar-refractivity contribution in [1.29, 1.82) is 0 Å². The summed E-state index contributed by atoms with van der Waals surface area (Å²) in [5.41, 5.74) is 2.97. The summed E-state index contributed by atoms with van der Waals surface area (Å²) in [6.45, 7) is 5.29. The number of rotatable bonds is 8. The summed E-state index contributed by atoms with van der Waals surface area (Å²) in [6, 6.07) is 17.9. The van der Waals surface area contributed by atoms with Crippen LogP contribution < -0.4 is 16.0 Å². The fraction of sp³-hybridized carbons (Fsp3) is 0.222. The van der Waals surface area contributed by atoms with Crippen molar-refractivity contribution >= 4 is 65.5 Å². The second-order valence-electron chi connectivity index (χ2n) is 8.72. The number of anilines is 2. The van der Waals surface area contributed by atoms with Crippen LogP contribution >= 0.6 is 22.9 Å². The highest BCUT2D eigenvalue weighted by molar-refractivity contribution is 7.24. The number of nitrogens with one attached hydrogen (secondary N) is 2. The number of nitrogens with zero attached hydrogens (tertiary/aromatic N) is 4. The second kappa shape index (κ2) is 10.7. The molecule has 0 bridgehead atoms. The first kappa shape index (κ1) is 24.2.